The molecule has 6 nitrogen and oxygen atoms in total. The van der Waals surface area contributed by atoms with E-state index in [2.05, 4.69) is 27.7 Å². The Morgan fingerprint density at radius 1 is 0.970 bits per heavy atom. The summed E-state index contributed by atoms with van der Waals surface area (Å²) in [5.41, 5.74) is -0.221. The molecule has 2 heterocycles. The number of ketones is 2. The fraction of sp³-hybridized carbons (Fsp3) is 0.926. The van der Waals surface area contributed by atoms with Crippen LogP contribution < -0.4 is 0 Å². The highest BCUT2D eigenvalue weighted by molar-refractivity contribution is 5.87. The molecular weight excluding hydrogens is 420 g/mol. The molecule has 2 aliphatic heterocycles. The van der Waals surface area contributed by atoms with Crippen molar-refractivity contribution in [2.75, 3.05) is 6.61 Å². The Kier molecular flexibility index (Phi) is 4.88. The van der Waals surface area contributed by atoms with Gasteiger partial charge in [0, 0.05) is 24.7 Å². The summed E-state index contributed by atoms with van der Waals surface area (Å²) < 4.78 is 12.8. The number of aliphatic hydroxyl groups excluding tert-OH is 2. The van der Waals surface area contributed by atoms with Gasteiger partial charge in [-0.2, -0.15) is 0 Å². The molecule has 0 aromatic rings. The third-order valence-corrected chi connectivity index (χ3v) is 11.5. The maximum Gasteiger partial charge on any atom is 0.232 e. The van der Waals surface area contributed by atoms with Gasteiger partial charge in [0.2, 0.25) is 5.79 Å². The van der Waals surface area contributed by atoms with Crippen LogP contribution in [0.2, 0.25) is 0 Å². The van der Waals surface area contributed by atoms with Crippen molar-refractivity contribution in [2.45, 2.75) is 96.7 Å². The van der Waals surface area contributed by atoms with Crippen molar-refractivity contribution >= 4 is 11.6 Å². The van der Waals surface area contributed by atoms with Crippen LogP contribution in [0.15, 0.2) is 0 Å². The summed E-state index contributed by atoms with van der Waals surface area (Å²) in [4.78, 5) is 26.5. The first kappa shape index (κ1) is 22.6. The van der Waals surface area contributed by atoms with Crippen LogP contribution in [0.5, 0.6) is 0 Å². The normalized spacial score (nSPS) is 60.3. The number of hydrogen-bond donors (Lipinski definition) is 2. The molecule has 0 bridgehead atoms. The number of fused-ring (bicyclic) bond motifs is 7. The second-order valence-electron chi connectivity index (χ2n) is 13.1. The Balaban J connectivity index is 1.30. The highest BCUT2D eigenvalue weighted by Crippen LogP contribution is 2.70. The third kappa shape index (κ3) is 2.81. The van der Waals surface area contributed by atoms with E-state index < -0.39 is 18.0 Å². The quantitative estimate of drug-likeness (QED) is 0.577. The molecule has 2 saturated heterocycles. The van der Waals surface area contributed by atoms with Crippen molar-refractivity contribution in [3.8, 4) is 0 Å². The van der Waals surface area contributed by atoms with E-state index in [-0.39, 0.29) is 52.2 Å². The number of hydrogen-bond acceptors (Lipinski definition) is 6. The number of carbonyl (C=O) groups is 2. The minimum Gasteiger partial charge on any atom is -0.390 e. The monoisotopic (exact) mass is 460 g/mol. The van der Waals surface area contributed by atoms with E-state index in [1.165, 1.54) is 0 Å². The molecule has 6 heteroatoms. The summed E-state index contributed by atoms with van der Waals surface area (Å²) in [5, 5.41) is 20.8. The molecule has 2 N–H and O–H groups in total. The van der Waals surface area contributed by atoms with Gasteiger partial charge in [-0.25, -0.2) is 0 Å². The van der Waals surface area contributed by atoms with Gasteiger partial charge in [-0.15, -0.1) is 0 Å². The highest BCUT2D eigenvalue weighted by atomic mass is 16.7. The number of ether oxygens (including phenoxy) is 2. The first-order valence-corrected chi connectivity index (χ1v) is 13.2. The maximum atomic E-state index is 13.4. The third-order valence-electron chi connectivity index (χ3n) is 11.5. The molecule has 6 fully saturated rings. The average molecular weight is 461 g/mol. The van der Waals surface area contributed by atoms with Gasteiger partial charge in [0.15, 0.2) is 5.78 Å². The van der Waals surface area contributed by atoms with E-state index in [1.807, 2.05) is 0 Å². The summed E-state index contributed by atoms with van der Waals surface area (Å²) in [6.45, 7) is 9.36. The zero-order chi connectivity index (χ0) is 23.5. The minimum atomic E-state index is -1.07. The van der Waals surface area contributed by atoms with Crippen molar-refractivity contribution in [3.05, 3.63) is 0 Å². The van der Waals surface area contributed by atoms with Gasteiger partial charge >= 0.3 is 0 Å². The molecule has 4 aliphatic carbocycles. The van der Waals surface area contributed by atoms with Crippen LogP contribution >= 0.6 is 0 Å². The van der Waals surface area contributed by atoms with Crippen molar-refractivity contribution in [1.29, 1.82) is 0 Å². The first-order valence-electron chi connectivity index (χ1n) is 13.2. The van der Waals surface area contributed by atoms with Gasteiger partial charge in [0.05, 0.1) is 24.9 Å². The lowest BCUT2D eigenvalue weighted by Gasteiger charge is -2.61. The summed E-state index contributed by atoms with van der Waals surface area (Å²) >= 11 is 0. The molecule has 1 spiro atoms. The van der Waals surface area contributed by atoms with Gasteiger partial charge in [0.1, 0.15) is 5.78 Å². The van der Waals surface area contributed by atoms with E-state index in [9.17, 15) is 19.8 Å². The van der Waals surface area contributed by atoms with Crippen LogP contribution in [0.3, 0.4) is 0 Å². The molecule has 6 aliphatic rings. The van der Waals surface area contributed by atoms with Crippen molar-refractivity contribution in [3.63, 3.8) is 0 Å². The molecular formula is C27H40O6. The summed E-state index contributed by atoms with van der Waals surface area (Å²) in [6.07, 6.45) is 3.48. The molecule has 0 amide bonds. The molecule has 6 rings (SSSR count). The summed E-state index contributed by atoms with van der Waals surface area (Å²) in [5.74, 6) is 0.747. The first-order chi connectivity index (χ1) is 15.5. The standard InChI is InChI=1S/C27H40O6/c1-13-7-23(31)27(32-12-13)14(2)24-22(33-27)10-17-15-8-19(28)18-9-20(29)21(30)11-26(18,4)16(15)5-6-25(17,24)3/h13-18,20-22,24,29-30H,5-12H2,1-4H3/t13-,14-,15+,16-,17-,18+,20-,21+,22-,24-,25-,26+,27-/m0/s1. The molecule has 0 radical (unpaired) electrons. The Hall–Kier alpha value is -0.820. The van der Waals surface area contributed by atoms with Gasteiger partial charge in [0.25, 0.3) is 0 Å². The number of carbonyl (C=O) groups excluding carboxylic acids is 2. The topological polar surface area (TPSA) is 93.1 Å². The van der Waals surface area contributed by atoms with Crippen LogP contribution in [0.4, 0.5) is 0 Å². The lowest BCUT2D eigenvalue weighted by Crippen LogP contribution is -2.60. The van der Waals surface area contributed by atoms with Gasteiger partial charge < -0.3 is 19.7 Å². The van der Waals surface area contributed by atoms with Gasteiger partial charge in [-0.1, -0.05) is 27.7 Å². The van der Waals surface area contributed by atoms with Gasteiger partial charge in [-0.05, 0) is 72.5 Å². The fourth-order valence-electron chi connectivity index (χ4n) is 10.0. The maximum absolute atomic E-state index is 13.4. The Morgan fingerprint density at radius 2 is 1.73 bits per heavy atom. The molecule has 4 saturated carbocycles. The van der Waals surface area contributed by atoms with E-state index >= 15 is 0 Å². The van der Waals surface area contributed by atoms with E-state index in [0.29, 0.717) is 50.0 Å². The predicted molar refractivity (Wildman–Crippen MR) is 120 cm³/mol. The number of rotatable bonds is 0. The molecule has 0 unspecified atom stereocenters. The summed E-state index contributed by atoms with van der Waals surface area (Å²) in [6, 6.07) is 0. The Morgan fingerprint density at radius 3 is 2.45 bits per heavy atom. The second-order valence-corrected chi connectivity index (χ2v) is 13.1. The molecule has 0 aromatic carbocycles. The van der Waals surface area contributed by atoms with Crippen molar-refractivity contribution < 1.29 is 29.3 Å². The highest BCUT2D eigenvalue weighted by Gasteiger charge is 2.71. The lowest BCUT2D eigenvalue weighted by atomic mass is 9.44. The number of Topliss-reactive ketones (excluding diaryl/α,β-unsaturated/α-hetero) is 2. The van der Waals surface area contributed by atoms with Crippen LogP contribution in [-0.4, -0.2) is 52.5 Å². The van der Waals surface area contributed by atoms with Crippen LogP contribution in [0, 0.1) is 52.3 Å². The Labute approximate surface area is 196 Å². The molecule has 0 aromatic heterocycles. The minimum absolute atomic E-state index is 0.00510. The van der Waals surface area contributed by atoms with Crippen LogP contribution in [0.1, 0.15) is 72.6 Å². The predicted octanol–water partition coefficient (Wildman–Crippen LogP) is 3.12. The van der Waals surface area contributed by atoms with Crippen molar-refractivity contribution in [2.24, 2.45) is 52.3 Å². The molecule has 13 atom stereocenters. The van der Waals surface area contributed by atoms with Crippen LogP contribution in [0.25, 0.3) is 0 Å². The second kappa shape index (κ2) is 7.11. The van der Waals surface area contributed by atoms with Crippen LogP contribution in [-0.2, 0) is 19.1 Å². The average Bonchev–Trinajstić information content (AvgIpc) is 3.19. The van der Waals surface area contributed by atoms with Crippen molar-refractivity contribution in [1.82, 2.24) is 0 Å². The number of aliphatic hydroxyl groups is 2. The van der Waals surface area contributed by atoms with E-state index in [4.69, 9.17) is 9.47 Å². The zero-order valence-corrected chi connectivity index (χ0v) is 20.5. The smallest absolute Gasteiger partial charge is 0.232 e. The SMILES string of the molecule is C[C@@H]1CO[C@@]2(O[C@H]3C[C@H]4[C@@H]5CC(=O)[C@H]6C[C@H](O)[C@H](O)C[C@]6(C)[C@H]5CC[C@]4(C)[C@H]3[C@@H]2C)C(=O)C1. The molecule has 184 valence electrons. The summed E-state index contributed by atoms with van der Waals surface area (Å²) in [7, 11) is 0. The fourth-order valence-corrected chi connectivity index (χ4v) is 10.0. The van der Waals surface area contributed by atoms with E-state index in [0.717, 1.165) is 19.3 Å². The zero-order valence-electron chi connectivity index (χ0n) is 20.5. The Bertz CT molecular complexity index is 873. The van der Waals surface area contributed by atoms with E-state index in [1.54, 1.807) is 0 Å². The van der Waals surface area contributed by atoms with Gasteiger partial charge in [-0.3, -0.25) is 9.59 Å². The lowest BCUT2D eigenvalue weighted by molar-refractivity contribution is -0.252. The largest absolute Gasteiger partial charge is 0.390 e. The molecule has 33 heavy (non-hydrogen) atoms.